The molecule has 2 N–H and O–H groups in total. The molecule has 0 bridgehead atoms. The lowest BCUT2D eigenvalue weighted by atomic mass is 10.2. The summed E-state index contributed by atoms with van der Waals surface area (Å²) in [6.07, 6.45) is 4.94. The lowest BCUT2D eigenvalue weighted by Crippen LogP contribution is -1.98. The van der Waals surface area contributed by atoms with Gasteiger partial charge in [0.05, 0.1) is 6.20 Å². The van der Waals surface area contributed by atoms with Gasteiger partial charge >= 0.3 is 0 Å². The average molecular weight is 221 g/mol. The van der Waals surface area contributed by atoms with Crippen molar-refractivity contribution in [1.29, 1.82) is 0 Å². The molecule has 0 aliphatic rings. The Kier molecular flexibility index (Phi) is 3.03. The minimum Gasteiger partial charge on any atom is -0.440 e. The van der Waals surface area contributed by atoms with Crippen molar-refractivity contribution < 1.29 is 4.42 Å². The van der Waals surface area contributed by atoms with Gasteiger partial charge in [0.15, 0.2) is 0 Å². The Morgan fingerprint density at radius 3 is 2.93 bits per heavy atom. The molecule has 2 aromatic rings. The zero-order valence-corrected chi connectivity index (χ0v) is 9.12. The summed E-state index contributed by atoms with van der Waals surface area (Å²) in [5.41, 5.74) is 7.64. The SMILES string of the molecule is Cc1cc(CN)cnc1Sc1ncco1. The zero-order valence-electron chi connectivity index (χ0n) is 8.30. The maximum Gasteiger partial charge on any atom is 0.261 e. The third kappa shape index (κ3) is 2.37. The fourth-order valence-electron chi connectivity index (χ4n) is 1.18. The number of nitrogens with zero attached hydrogens (tertiary/aromatic N) is 2. The molecular weight excluding hydrogens is 210 g/mol. The summed E-state index contributed by atoms with van der Waals surface area (Å²) in [4.78, 5) is 8.33. The second kappa shape index (κ2) is 4.46. The number of hydrogen-bond donors (Lipinski definition) is 1. The second-order valence-electron chi connectivity index (χ2n) is 3.07. The molecular formula is C10H11N3OS. The van der Waals surface area contributed by atoms with E-state index in [1.165, 1.54) is 11.8 Å². The first-order valence-corrected chi connectivity index (χ1v) is 5.34. The highest BCUT2D eigenvalue weighted by Crippen LogP contribution is 2.27. The average Bonchev–Trinajstić information content (AvgIpc) is 2.74. The van der Waals surface area contributed by atoms with E-state index in [1.54, 1.807) is 18.7 Å². The van der Waals surface area contributed by atoms with Crippen molar-refractivity contribution in [2.24, 2.45) is 5.73 Å². The predicted octanol–water partition coefficient (Wildman–Crippen LogP) is 1.99. The quantitative estimate of drug-likeness (QED) is 0.858. The summed E-state index contributed by atoms with van der Waals surface area (Å²) in [7, 11) is 0. The molecule has 4 nitrogen and oxygen atoms in total. The topological polar surface area (TPSA) is 64.9 Å². The Hall–Kier alpha value is -1.33. The van der Waals surface area contributed by atoms with Crippen LogP contribution in [0.15, 0.2) is 39.4 Å². The molecule has 0 fully saturated rings. The molecule has 0 spiro atoms. The van der Waals surface area contributed by atoms with Crippen LogP contribution >= 0.6 is 11.8 Å². The molecule has 2 aromatic heterocycles. The molecule has 0 unspecified atom stereocenters. The fraction of sp³-hybridized carbons (Fsp3) is 0.200. The van der Waals surface area contributed by atoms with Gasteiger partial charge in [-0.3, -0.25) is 0 Å². The Labute approximate surface area is 91.9 Å². The summed E-state index contributed by atoms with van der Waals surface area (Å²) in [6, 6.07) is 2.03. The number of pyridine rings is 1. The van der Waals surface area contributed by atoms with Crippen LogP contribution in [-0.2, 0) is 6.54 Å². The number of hydrogen-bond acceptors (Lipinski definition) is 5. The summed E-state index contributed by atoms with van der Waals surface area (Å²) >= 11 is 1.41. The van der Waals surface area contributed by atoms with Crippen LogP contribution in [0.2, 0.25) is 0 Å². The maximum absolute atomic E-state index is 5.53. The highest BCUT2D eigenvalue weighted by molar-refractivity contribution is 7.99. The molecule has 15 heavy (non-hydrogen) atoms. The van der Waals surface area contributed by atoms with Crippen molar-refractivity contribution in [2.75, 3.05) is 0 Å². The first-order chi connectivity index (χ1) is 7.29. The molecule has 0 saturated heterocycles. The first-order valence-electron chi connectivity index (χ1n) is 4.52. The van der Waals surface area contributed by atoms with Crippen LogP contribution in [0.1, 0.15) is 11.1 Å². The molecule has 0 aliphatic heterocycles. The Morgan fingerprint density at radius 1 is 1.47 bits per heavy atom. The highest BCUT2D eigenvalue weighted by Gasteiger charge is 2.06. The van der Waals surface area contributed by atoms with Crippen LogP contribution in [0, 0.1) is 6.92 Å². The fourth-order valence-corrected chi connectivity index (χ4v) is 1.89. The highest BCUT2D eigenvalue weighted by atomic mass is 32.2. The van der Waals surface area contributed by atoms with Gasteiger partial charge in [0.2, 0.25) is 0 Å². The van der Waals surface area contributed by atoms with E-state index < -0.39 is 0 Å². The Balaban J connectivity index is 2.22. The van der Waals surface area contributed by atoms with E-state index in [1.807, 2.05) is 13.0 Å². The van der Waals surface area contributed by atoms with Gasteiger partial charge in [0.25, 0.3) is 5.22 Å². The lowest BCUT2D eigenvalue weighted by molar-refractivity contribution is 0.454. The van der Waals surface area contributed by atoms with Crippen molar-refractivity contribution in [1.82, 2.24) is 9.97 Å². The van der Waals surface area contributed by atoms with Crippen molar-refractivity contribution in [3.8, 4) is 0 Å². The molecule has 0 aromatic carbocycles. The molecule has 5 heteroatoms. The molecule has 0 amide bonds. The predicted molar refractivity (Wildman–Crippen MR) is 57.5 cm³/mol. The van der Waals surface area contributed by atoms with E-state index in [0.717, 1.165) is 16.2 Å². The van der Waals surface area contributed by atoms with Crippen LogP contribution in [0.5, 0.6) is 0 Å². The van der Waals surface area contributed by atoms with Gasteiger partial charge in [-0.2, -0.15) is 0 Å². The third-order valence-corrected chi connectivity index (χ3v) is 2.91. The summed E-state index contributed by atoms with van der Waals surface area (Å²) < 4.78 is 5.14. The van der Waals surface area contributed by atoms with Crippen LogP contribution in [0.4, 0.5) is 0 Å². The zero-order chi connectivity index (χ0) is 10.7. The van der Waals surface area contributed by atoms with Gasteiger partial charge in [-0.05, 0) is 29.8 Å². The van der Waals surface area contributed by atoms with Crippen LogP contribution in [-0.4, -0.2) is 9.97 Å². The molecule has 2 rings (SSSR count). The van der Waals surface area contributed by atoms with E-state index in [2.05, 4.69) is 9.97 Å². The van der Waals surface area contributed by atoms with E-state index in [-0.39, 0.29) is 0 Å². The van der Waals surface area contributed by atoms with E-state index in [9.17, 15) is 0 Å². The molecule has 0 saturated carbocycles. The number of oxazole rings is 1. The van der Waals surface area contributed by atoms with Gasteiger partial charge in [0, 0.05) is 12.7 Å². The molecule has 0 radical (unpaired) electrons. The van der Waals surface area contributed by atoms with Gasteiger partial charge in [-0.15, -0.1) is 0 Å². The third-order valence-electron chi connectivity index (χ3n) is 1.92. The van der Waals surface area contributed by atoms with Crippen LogP contribution in [0.25, 0.3) is 0 Å². The number of rotatable bonds is 3. The van der Waals surface area contributed by atoms with Crippen molar-refractivity contribution in [2.45, 2.75) is 23.7 Å². The maximum atomic E-state index is 5.53. The molecule has 0 aliphatic carbocycles. The van der Waals surface area contributed by atoms with Crippen LogP contribution < -0.4 is 5.73 Å². The largest absolute Gasteiger partial charge is 0.440 e. The van der Waals surface area contributed by atoms with E-state index in [0.29, 0.717) is 11.8 Å². The summed E-state index contributed by atoms with van der Waals surface area (Å²) in [5.74, 6) is 0. The van der Waals surface area contributed by atoms with Gasteiger partial charge in [-0.1, -0.05) is 6.07 Å². The van der Waals surface area contributed by atoms with Gasteiger partial charge in [-0.25, -0.2) is 9.97 Å². The minimum atomic E-state index is 0.512. The van der Waals surface area contributed by atoms with Crippen molar-refractivity contribution >= 4 is 11.8 Å². The normalized spacial score (nSPS) is 10.5. The smallest absolute Gasteiger partial charge is 0.261 e. The molecule has 2 heterocycles. The first kappa shape index (κ1) is 10.2. The molecule has 0 atom stereocenters. The monoisotopic (exact) mass is 221 g/mol. The number of aryl methyl sites for hydroxylation is 1. The van der Waals surface area contributed by atoms with Crippen molar-refractivity contribution in [3.05, 3.63) is 35.9 Å². The van der Waals surface area contributed by atoms with Gasteiger partial charge < -0.3 is 10.2 Å². The van der Waals surface area contributed by atoms with E-state index >= 15 is 0 Å². The standard InChI is InChI=1S/C10H11N3OS/c1-7-4-8(5-11)6-13-9(7)15-10-12-2-3-14-10/h2-4,6H,5,11H2,1H3. The van der Waals surface area contributed by atoms with Crippen LogP contribution in [0.3, 0.4) is 0 Å². The van der Waals surface area contributed by atoms with Gasteiger partial charge in [0.1, 0.15) is 11.3 Å². The van der Waals surface area contributed by atoms with E-state index in [4.69, 9.17) is 10.2 Å². The lowest BCUT2D eigenvalue weighted by Gasteiger charge is -2.03. The second-order valence-corrected chi connectivity index (χ2v) is 4.01. The molecule has 78 valence electrons. The number of nitrogens with two attached hydrogens (primary N) is 1. The number of aromatic nitrogens is 2. The summed E-state index contributed by atoms with van der Waals surface area (Å²) in [6.45, 7) is 2.51. The Morgan fingerprint density at radius 2 is 2.33 bits per heavy atom. The minimum absolute atomic E-state index is 0.512. The Bertz CT molecular complexity index is 442. The summed E-state index contributed by atoms with van der Waals surface area (Å²) in [5, 5.41) is 1.50. The van der Waals surface area contributed by atoms with Crippen molar-refractivity contribution in [3.63, 3.8) is 0 Å².